The summed E-state index contributed by atoms with van der Waals surface area (Å²) >= 11 is 0. The number of nitrogens with zero attached hydrogens (tertiary/aromatic N) is 3. The van der Waals surface area contributed by atoms with E-state index in [1.807, 2.05) is 88.4 Å². The van der Waals surface area contributed by atoms with E-state index in [0.717, 1.165) is 27.9 Å². The molecule has 2 amide bonds. The number of fused-ring (bicyclic) bond motifs is 1. The molecule has 5 aromatic rings. The van der Waals surface area contributed by atoms with Gasteiger partial charge in [0.25, 0.3) is 11.8 Å². The van der Waals surface area contributed by atoms with Crippen LogP contribution >= 0.6 is 0 Å². The first-order chi connectivity index (χ1) is 18.8. The van der Waals surface area contributed by atoms with Crippen LogP contribution in [0, 0.1) is 20.8 Å². The molecule has 39 heavy (non-hydrogen) atoms. The molecule has 8 heteroatoms. The quantitative estimate of drug-likeness (QED) is 0.240. The van der Waals surface area contributed by atoms with Gasteiger partial charge >= 0.3 is 0 Å². The number of amides is 2. The topological polar surface area (TPSA) is 100 Å². The summed E-state index contributed by atoms with van der Waals surface area (Å²) in [5.41, 5.74) is 7.10. The molecule has 2 aromatic heterocycles. The lowest BCUT2D eigenvalue weighted by molar-refractivity contribution is 0.0938. The molecular formula is C31H30N6O2. The Labute approximate surface area is 227 Å². The molecule has 3 aromatic carbocycles. The molecule has 0 radical (unpaired) electrons. The number of aromatic nitrogens is 3. The lowest BCUT2D eigenvalue weighted by atomic mass is 10.1. The van der Waals surface area contributed by atoms with E-state index in [0.29, 0.717) is 28.1 Å². The van der Waals surface area contributed by atoms with Crippen molar-refractivity contribution in [2.24, 2.45) is 0 Å². The zero-order chi connectivity index (χ0) is 27.5. The van der Waals surface area contributed by atoms with E-state index in [4.69, 9.17) is 0 Å². The molecule has 0 spiro atoms. The highest BCUT2D eigenvalue weighted by Gasteiger charge is 2.20. The Balaban J connectivity index is 1.39. The van der Waals surface area contributed by atoms with Gasteiger partial charge in [0.05, 0.1) is 11.6 Å². The Morgan fingerprint density at radius 1 is 0.897 bits per heavy atom. The Hall–Kier alpha value is -4.98. The molecule has 0 bridgehead atoms. The molecule has 1 atom stereocenters. The van der Waals surface area contributed by atoms with E-state index < -0.39 is 0 Å². The average Bonchev–Trinajstić information content (AvgIpc) is 3.28. The molecule has 0 saturated carbocycles. The second-order valence-corrected chi connectivity index (χ2v) is 9.65. The monoisotopic (exact) mass is 518 g/mol. The molecule has 8 nitrogen and oxygen atoms in total. The highest BCUT2D eigenvalue weighted by atomic mass is 16.2. The fourth-order valence-corrected chi connectivity index (χ4v) is 4.45. The van der Waals surface area contributed by atoms with Crippen LogP contribution in [0.3, 0.4) is 0 Å². The standard InChI is InChI=1S/C31H30N6O2/c1-19-10-13-24(14-11-19)30(38)35-25-15-12-20(2)27(16-25)36-29-28-21(3)26(17-37(28)33-18-32-29)31(39)34-22(4)23-8-6-5-7-9-23/h5-18,22H,1-4H3,(H,34,39)(H,35,38)(H,32,33,36)/t22-/m0/s1. The van der Waals surface area contributed by atoms with Crippen molar-refractivity contribution in [1.29, 1.82) is 0 Å². The summed E-state index contributed by atoms with van der Waals surface area (Å²) in [7, 11) is 0. The number of nitrogens with one attached hydrogen (secondary N) is 3. The molecule has 0 aliphatic rings. The molecule has 0 saturated heterocycles. The lowest BCUT2D eigenvalue weighted by Gasteiger charge is -2.14. The third-order valence-electron chi connectivity index (χ3n) is 6.78. The van der Waals surface area contributed by atoms with Crippen LogP contribution in [-0.4, -0.2) is 26.4 Å². The van der Waals surface area contributed by atoms with E-state index in [-0.39, 0.29) is 17.9 Å². The number of aryl methyl sites for hydroxylation is 3. The molecule has 0 unspecified atom stereocenters. The van der Waals surface area contributed by atoms with Crippen molar-refractivity contribution in [3.8, 4) is 0 Å². The summed E-state index contributed by atoms with van der Waals surface area (Å²) in [6.45, 7) is 7.80. The predicted molar refractivity (Wildman–Crippen MR) is 154 cm³/mol. The van der Waals surface area contributed by atoms with Gasteiger partial charge in [-0.25, -0.2) is 9.50 Å². The number of hydrogen-bond donors (Lipinski definition) is 3. The maximum absolute atomic E-state index is 13.2. The summed E-state index contributed by atoms with van der Waals surface area (Å²) in [4.78, 5) is 30.4. The second-order valence-electron chi connectivity index (χ2n) is 9.65. The minimum absolute atomic E-state index is 0.148. The maximum atomic E-state index is 13.2. The first kappa shape index (κ1) is 25.7. The summed E-state index contributed by atoms with van der Waals surface area (Å²) in [5, 5.41) is 13.7. The minimum Gasteiger partial charge on any atom is -0.345 e. The van der Waals surface area contributed by atoms with Crippen LogP contribution in [0.1, 0.15) is 55.9 Å². The smallest absolute Gasteiger partial charge is 0.255 e. The van der Waals surface area contributed by atoms with Gasteiger partial charge in [0, 0.05) is 23.1 Å². The SMILES string of the molecule is Cc1ccc(C(=O)Nc2ccc(C)c(Nc3ncnn4cc(C(=O)N[C@@H](C)c5ccccc5)c(C)c34)c2)cc1. The summed E-state index contributed by atoms with van der Waals surface area (Å²) in [5.74, 6) is 0.192. The third kappa shape index (κ3) is 5.50. The van der Waals surface area contributed by atoms with Gasteiger partial charge < -0.3 is 16.0 Å². The van der Waals surface area contributed by atoms with Crippen molar-refractivity contribution in [3.05, 3.63) is 119 Å². The highest BCUT2D eigenvalue weighted by Crippen LogP contribution is 2.29. The number of benzene rings is 3. The van der Waals surface area contributed by atoms with Gasteiger partial charge in [-0.2, -0.15) is 5.10 Å². The summed E-state index contributed by atoms with van der Waals surface area (Å²) < 4.78 is 1.66. The van der Waals surface area contributed by atoms with Gasteiger partial charge in [0.2, 0.25) is 0 Å². The minimum atomic E-state index is -0.183. The fraction of sp³-hybridized carbons (Fsp3) is 0.161. The fourth-order valence-electron chi connectivity index (χ4n) is 4.45. The van der Waals surface area contributed by atoms with Crippen molar-refractivity contribution >= 4 is 34.5 Å². The van der Waals surface area contributed by atoms with Crippen LogP contribution in [0.15, 0.2) is 85.3 Å². The molecule has 0 aliphatic carbocycles. The van der Waals surface area contributed by atoms with E-state index in [1.165, 1.54) is 6.33 Å². The first-order valence-electron chi connectivity index (χ1n) is 12.7. The number of rotatable bonds is 7. The van der Waals surface area contributed by atoms with Crippen LogP contribution in [-0.2, 0) is 0 Å². The van der Waals surface area contributed by atoms with Gasteiger partial charge in [0.1, 0.15) is 11.8 Å². The second kappa shape index (κ2) is 10.8. The van der Waals surface area contributed by atoms with Crippen molar-refractivity contribution < 1.29 is 9.59 Å². The van der Waals surface area contributed by atoms with Gasteiger partial charge in [-0.1, -0.05) is 54.1 Å². The molecule has 196 valence electrons. The number of carbonyl (C=O) groups excluding carboxylic acids is 2. The van der Waals surface area contributed by atoms with E-state index in [1.54, 1.807) is 22.8 Å². The summed E-state index contributed by atoms with van der Waals surface area (Å²) in [6, 6.07) is 22.8. The average molecular weight is 519 g/mol. The molecule has 2 heterocycles. The van der Waals surface area contributed by atoms with Gasteiger partial charge in [-0.05, 0) is 68.7 Å². The molecule has 5 rings (SSSR count). The molecule has 0 fully saturated rings. The van der Waals surface area contributed by atoms with Gasteiger partial charge in [-0.15, -0.1) is 0 Å². The van der Waals surface area contributed by atoms with Crippen molar-refractivity contribution in [3.63, 3.8) is 0 Å². The molecule has 0 aliphatic heterocycles. The van der Waals surface area contributed by atoms with Crippen LogP contribution in [0.4, 0.5) is 17.2 Å². The predicted octanol–water partition coefficient (Wildman–Crippen LogP) is 6.14. The first-order valence-corrected chi connectivity index (χ1v) is 12.7. The Morgan fingerprint density at radius 2 is 1.64 bits per heavy atom. The zero-order valence-corrected chi connectivity index (χ0v) is 22.3. The van der Waals surface area contributed by atoms with Gasteiger partial charge in [-0.3, -0.25) is 9.59 Å². The summed E-state index contributed by atoms with van der Waals surface area (Å²) in [6.07, 6.45) is 3.16. The zero-order valence-electron chi connectivity index (χ0n) is 22.3. The van der Waals surface area contributed by atoms with Crippen molar-refractivity contribution in [2.45, 2.75) is 33.7 Å². The Bertz CT molecular complexity index is 1660. The number of anilines is 3. The molecular weight excluding hydrogens is 488 g/mol. The van der Waals surface area contributed by atoms with Gasteiger partial charge in [0.15, 0.2) is 5.82 Å². The van der Waals surface area contributed by atoms with E-state index in [2.05, 4.69) is 26.0 Å². The largest absolute Gasteiger partial charge is 0.345 e. The highest BCUT2D eigenvalue weighted by molar-refractivity contribution is 6.04. The Kier molecular flexibility index (Phi) is 7.10. The Morgan fingerprint density at radius 3 is 2.38 bits per heavy atom. The maximum Gasteiger partial charge on any atom is 0.255 e. The van der Waals surface area contributed by atoms with E-state index in [9.17, 15) is 9.59 Å². The van der Waals surface area contributed by atoms with Crippen molar-refractivity contribution in [1.82, 2.24) is 19.9 Å². The number of hydrogen-bond acceptors (Lipinski definition) is 5. The van der Waals surface area contributed by atoms with Crippen LogP contribution in [0.5, 0.6) is 0 Å². The normalized spacial score (nSPS) is 11.7. The van der Waals surface area contributed by atoms with Crippen LogP contribution in [0.25, 0.3) is 5.52 Å². The molecule has 3 N–H and O–H groups in total. The van der Waals surface area contributed by atoms with Crippen molar-refractivity contribution in [2.75, 3.05) is 10.6 Å². The van der Waals surface area contributed by atoms with Crippen LogP contribution in [0.2, 0.25) is 0 Å². The number of carbonyl (C=O) groups is 2. The van der Waals surface area contributed by atoms with Crippen LogP contribution < -0.4 is 16.0 Å². The van der Waals surface area contributed by atoms with E-state index >= 15 is 0 Å². The lowest BCUT2D eigenvalue weighted by Crippen LogP contribution is -2.26. The third-order valence-corrected chi connectivity index (χ3v) is 6.78.